The molecule has 3 aromatic rings. The SMILES string of the molecule is C=CCn1c(C)cc(C(=O)CSc2nnc(C(C)N(C)C)n2-c2ccc(F)cc2)c1C. The molecule has 1 atom stereocenters. The number of halogens is 1. The van der Waals surface area contributed by atoms with Gasteiger partial charge >= 0.3 is 0 Å². The van der Waals surface area contributed by atoms with Crippen molar-refractivity contribution < 1.29 is 9.18 Å². The van der Waals surface area contributed by atoms with Gasteiger partial charge in [0.15, 0.2) is 16.8 Å². The van der Waals surface area contributed by atoms with E-state index in [1.54, 1.807) is 12.1 Å². The van der Waals surface area contributed by atoms with Crippen molar-refractivity contribution in [3.05, 3.63) is 71.6 Å². The third-order valence-electron chi connectivity index (χ3n) is 5.41. The number of hydrogen-bond acceptors (Lipinski definition) is 5. The Balaban J connectivity index is 1.90. The molecule has 0 fully saturated rings. The van der Waals surface area contributed by atoms with E-state index in [9.17, 15) is 9.18 Å². The molecule has 2 aromatic heterocycles. The van der Waals surface area contributed by atoms with Crippen molar-refractivity contribution in [3.63, 3.8) is 0 Å². The van der Waals surface area contributed by atoms with Gasteiger partial charge in [0.2, 0.25) is 0 Å². The molecule has 0 aliphatic carbocycles. The first-order valence-electron chi connectivity index (χ1n) is 10.1. The third kappa shape index (κ3) is 4.80. The van der Waals surface area contributed by atoms with Crippen LogP contribution in [0.25, 0.3) is 5.69 Å². The Morgan fingerprint density at radius 1 is 1.26 bits per heavy atom. The topological polar surface area (TPSA) is 56.0 Å². The van der Waals surface area contributed by atoms with Crippen molar-refractivity contribution >= 4 is 17.5 Å². The van der Waals surface area contributed by atoms with Crippen LogP contribution in [0, 0.1) is 19.7 Å². The average molecular weight is 442 g/mol. The number of thioether (sulfide) groups is 1. The van der Waals surface area contributed by atoms with Crippen LogP contribution in [0.15, 0.2) is 48.1 Å². The fourth-order valence-corrected chi connectivity index (χ4v) is 4.25. The Hall–Kier alpha value is -2.71. The lowest BCUT2D eigenvalue weighted by Gasteiger charge is -2.20. The quantitative estimate of drug-likeness (QED) is 0.276. The molecular formula is C23H28FN5OS. The second kappa shape index (κ2) is 9.62. The zero-order valence-corrected chi connectivity index (χ0v) is 19.4. The molecule has 1 aromatic carbocycles. The van der Waals surface area contributed by atoms with Crippen LogP contribution in [0.5, 0.6) is 0 Å². The Morgan fingerprint density at radius 3 is 2.55 bits per heavy atom. The van der Waals surface area contributed by atoms with Crippen molar-refractivity contribution in [2.75, 3.05) is 19.8 Å². The van der Waals surface area contributed by atoms with Crippen molar-refractivity contribution in [2.45, 2.75) is 38.5 Å². The highest BCUT2D eigenvalue weighted by atomic mass is 32.2. The van der Waals surface area contributed by atoms with E-state index in [4.69, 9.17) is 0 Å². The highest BCUT2D eigenvalue weighted by Crippen LogP contribution is 2.28. The molecule has 0 N–H and O–H groups in total. The van der Waals surface area contributed by atoms with Gasteiger partial charge in [-0.1, -0.05) is 17.8 Å². The van der Waals surface area contributed by atoms with Crippen LogP contribution < -0.4 is 0 Å². The normalized spacial score (nSPS) is 12.4. The fourth-order valence-electron chi connectivity index (χ4n) is 3.41. The number of nitrogens with zero attached hydrogens (tertiary/aromatic N) is 5. The smallest absolute Gasteiger partial charge is 0.196 e. The molecule has 3 rings (SSSR count). The number of Topliss-reactive ketones (excluding diaryl/α,β-unsaturated/α-hetero) is 1. The summed E-state index contributed by atoms with van der Waals surface area (Å²) in [5.74, 6) is 0.687. The van der Waals surface area contributed by atoms with E-state index in [1.165, 1.54) is 23.9 Å². The number of aromatic nitrogens is 4. The number of ketones is 1. The lowest BCUT2D eigenvalue weighted by molar-refractivity contribution is 0.102. The van der Waals surface area contributed by atoms with Gasteiger partial charge in [-0.3, -0.25) is 14.3 Å². The third-order valence-corrected chi connectivity index (χ3v) is 6.34. The minimum Gasteiger partial charge on any atom is -0.345 e. The summed E-state index contributed by atoms with van der Waals surface area (Å²) < 4.78 is 17.4. The summed E-state index contributed by atoms with van der Waals surface area (Å²) in [6, 6.07) is 8.12. The molecule has 31 heavy (non-hydrogen) atoms. The standard InChI is InChI=1S/C23H28FN5OS/c1-7-12-28-15(2)13-20(16(28)3)21(30)14-31-23-26-25-22(17(4)27(5)6)29(23)19-10-8-18(24)9-11-19/h7-11,13,17H,1,12,14H2,2-6H3. The zero-order valence-electron chi connectivity index (χ0n) is 18.6. The van der Waals surface area contributed by atoms with Gasteiger partial charge in [0.1, 0.15) is 5.82 Å². The molecule has 1 unspecified atom stereocenters. The van der Waals surface area contributed by atoms with Gasteiger partial charge in [-0.05, 0) is 65.2 Å². The van der Waals surface area contributed by atoms with Crippen LogP contribution in [0.3, 0.4) is 0 Å². The molecule has 0 bridgehead atoms. The van der Waals surface area contributed by atoms with Gasteiger partial charge in [-0.2, -0.15) is 0 Å². The molecule has 8 heteroatoms. The Bertz CT molecular complexity index is 1080. The first-order chi connectivity index (χ1) is 14.7. The summed E-state index contributed by atoms with van der Waals surface area (Å²) >= 11 is 1.33. The second-order valence-corrected chi connectivity index (χ2v) is 8.63. The summed E-state index contributed by atoms with van der Waals surface area (Å²) in [5.41, 5.74) is 3.43. The van der Waals surface area contributed by atoms with Crippen LogP contribution in [-0.2, 0) is 6.54 Å². The lowest BCUT2D eigenvalue weighted by Crippen LogP contribution is -2.20. The van der Waals surface area contributed by atoms with E-state index in [1.807, 2.05) is 56.5 Å². The molecule has 0 amide bonds. The maximum absolute atomic E-state index is 13.5. The van der Waals surface area contributed by atoms with E-state index in [-0.39, 0.29) is 23.4 Å². The molecule has 164 valence electrons. The average Bonchev–Trinajstić information content (AvgIpc) is 3.28. The van der Waals surface area contributed by atoms with Crippen LogP contribution in [0.1, 0.15) is 40.5 Å². The Morgan fingerprint density at radius 2 is 1.94 bits per heavy atom. The Labute approximate surface area is 186 Å². The minimum atomic E-state index is -0.307. The van der Waals surface area contributed by atoms with E-state index in [2.05, 4.69) is 21.3 Å². The number of hydrogen-bond donors (Lipinski definition) is 0. The molecule has 0 radical (unpaired) electrons. The largest absolute Gasteiger partial charge is 0.345 e. The maximum atomic E-state index is 13.5. The van der Waals surface area contributed by atoms with Gasteiger partial charge in [-0.25, -0.2) is 4.39 Å². The molecule has 0 saturated carbocycles. The monoisotopic (exact) mass is 441 g/mol. The molecule has 6 nitrogen and oxygen atoms in total. The number of aryl methyl sites for hydroxylation is 1. The predicted octanol–water partition coefficient (Wildman–Crippen LogP) is 4.61. The number of rotatable bonds is 9. The predicted molar refractivity (Wildman–Crippen MR) is 123 cm³/mol. The lowest BCUT2D eigenvalue weighted by atomic mass is 10.2. The number of allylic oxidation sites excluding steroid dienone is 1. The first kappa shape index (κ1) is 23.0. The number of carbonyl (C=O) groups excluding carboxylic acids is 1. The van der Waals surface area contributed by atoms with Gasteiger partial charge in [0.05, 0.1) is 11.8 Å². The second-order valence-electron chi connectivity index (χ2n) is 7.69. The highest BCUT2D eigenvalue weighted by molar-refractivity contribution is 7.99. The van der Waals surface area contributed by atoms with E-state index < -0.39 is 0 Å². The summed E-state index contributed by atoms with van der Waals surface area (Å²) in [6.07, 6.45) is 1.82. The zero-order chi connectivity index (χ0) is 22.7. The molecular weight excluding hydrogens is 413 g/mol. The number of benzene rings is 1. The minimum absolute atomic E-state index is 0.0135. The molecule has 0 aliphatic heterocycles. The first-order valence-corrected chi connectivity index (χ1v) is 11.0. The van der Waals surface area contributed by atoms with E-state index >= 15 is 0 Å². The van der Waals surface area contributed by atoms with Crippen LogP contribution in [0.4, 0.5) is 4.39 Å². The van der Waals surface area contributed by atoms with Crippen molar-refractivity contribution in [2.24, 2.45) is 0 Å². The fraction of sp³-hybridized carbons (Fsp3) is 0.348. The van der Waals surface area contributed by atoms with Gasteiger partial charge in [0.25, 0.3) is 0 Å². The van der Waals surface area contributed by atoms with Crippen LogP contribution in [-0.4, -0.2) is 49.9 Å². The highest BCUT2D eigenvalue weighted by Gasteiger charge is 2.22. The summed E-state index contributed by atoms with van der Waals surface area (Å²) in [7, 11) is 3.92. The maximum Gasteiger partial charge on any atom is 0.196 e. The van der Waals surface area contributed by atoms with E-state index in [0.717, 1.165) is 22.9 Å². The number of carbonyl (C=O) groups is 1. The van der Waals surface area contributed by atoms with Crippen molar-refractivity contribution in [3.8, 4) is 5.69 Å². The van der Waals surface area contributed by atoms with Gasteiger partial charge < -0.3 is 4.57 Å². The van der Waals surface area contributed by atoms with Crippen LogP contribution in [0.2, 0.25) is 0 Å². The Kier molecular flexibility index (Phi) is 7.12. The van der Waals surface area contributed by atoms with Crippen molar-refractivity contribution in [1.29, 1.82) is 0 Å². The molecule has 0 saturated heterocycles. The molecule has 2 heterocycles. The van der Waals surface area contributed by atoms with Crippen molar-refractivity contribution in [1.82, 2.24) is 24.2 Å². The molecule has 0 spiro atoms. The van der Waals surface area contributed by atoms with Gasteiger partial charge in [-0.15, -0.1) is 16.8 Å². The molecule has 0 aliphatic rings. The van der Waals surface area contributed by atoms with E-state index in [0.29, 0.717) is 17.3 Å². The summed E-state index contributed by atoms with van der Waals surface area (Å²) in [6.45, 7) is 10.4. The van der Waals surface area contributed by atoms with Crippen LogP contribution >= 0.6 is 11.8 Å². The van der Waals surface area contributed by atoms with Gasteiger partial charge in [0, 0.05) is 29.2 Å². The summed E-state index contributed by atoms with van der Waals surface area (Å²) in [4.78, 5) is 15.0. The summed E-state index contributed by atoms with van der Waals surface area (Å²) in [5, 5.41) is 9.32.